The fraction of sp³-hybridized carbons (Fsp3) is 0.789. The van der Waals surface area contributed by atoms with Crippen LogP contribution in [0.2, 0.25) is 0 Å². The molecule has 1 heterocycles. The summed E-state index contributed by atoms with van der Waals surface area (Å²) >= 11 is 0. The van der Waals surface area contributed by atoms with Gasteiger partial charge < -0.3 is 10.1 Å². The largest absolute Gasteiger partial charge is 0.377 e. The van der Waals surface area contributed by atoms with Gasteiger partial charge >= 0.3 is 0 Å². The van der Waals surface area contributed by atoms with Gasteiger partial charge in [0.2, 0.25) is 5.91 Å². The number of allylic oxidation sites excluding steroid dienone is 4. The maximum Gasteiger partial charge on any atom is 0.220 e. The van der Waals surface area contributed by atoms with E-state index in [9.17, 15) is 19.6 Å². The van der Waals surface area contributed by atoms with E-state index >= 15 is 0 Å². The molecule has 1 aliphatic heterocycles. The lowest BCUT2D eigenvalue weighted by Crippen LogP contribution is -2.56. The lowest BCUT2D eigenvalue weighted by molar-refractivity contribution is -0.131. The highest BCUT2D eigenvalue weighted by Crippen LogP contribution is 2.67. The smallest absolute Gasteiger partial charge is 0.220 e. The topological polar surface area (TPSA) is 96.3 Å². The lowest BCUT2D eigenvalue weighted by Gasteiger charge is -2.61. The quantitative estimate of drug-likeness (QED) is 0.269. The molecule has 3 aliphatic carbocycles. The van der Waals surface area contributed by atoms with Gasteiger partial charge in [-0.3, -0.25) is 14.4 Å². The van der Waals surface area contributed by atoms with Crippen LogP contribution in [-0.4, -0.2) is 36.7 Å². The van der Waals surface area contributed by atoms with Crippen LogP contribution in [0.3, 0.4) is 0 Å². The van der Waals surface area contributed by atoms with Gasteiger partial charge in [0.05, 0.1) is 24.8 Å². The van der Waals surface area contributed by atoms with Crippen LogP contribution >= 0.6 is 0 Å². The van der Waals surface area contributed by atoms with E-state index in [0.717, 1.165) is 56.9 Å². The second-order valence-electron chi connectivity index (χ2n) is 17.4. The van der Waals surface area contributed by atoms with E-state index in [-0.39, 0.29) is 51.3 Å². The molecule has 1 saturated heterocycles. The first-order chi connectivity index (χ1) is 20.2. The molecule has 6 heteroatoms. The summed E-state index contributed by atoms with van der Waals surface area (Å²) in [6.45, 7) is 23.1. The van der Waals surface area contributed by atoms with Crippen molar-refractivity contribution < 1.29 is 19.1 Å². The third kappa shape index (κ3) is 6.12. The van der Waals surface area contributed by atoms with E-state index in [2.05, 4.69) is 59.9 Å². The van der Waals surface area contributed by atoms with Crippen LogP contribution in [0.15, 0.2) is 23.3 Å². The minimum absolute atomic E-state index is 0.00740. The van der Waals surface area contributed by atoms with E-state index in [0.29, 0.717) is 31.0 Å². The lowest BCUT2D eigenvalue weighted by atomic mass is 9.42. The number of ketones is 2. The van der Waals surface area contributed by atoms with Gasteiger partial charge in [0.15, 0.2) is 11.6 Å². The number of nitrogens with zero attached hydrogens (tertiary/aromatic N) is 1. The van der Waals surface area contributed by atoms with Crippen molar-refractivity contribution in [3.63, 3.8) is 0 Å². The van der Waals surface area contributed by atoms with Crippen molar-refractivity contribution in [3.8, 4) is 6.07 Å². The summed E-state index contributed by atoms with van der Waals surface area (Å²) in [6, 6.07) is 2.35. The van der Waals surface area contributed by atoms with Crippen LogP contribution in [-0.2, 0) is 19.1 Å². The van der Waals surface area contributed by atoms with Crippen LogP contribution in [0.25, 0.3) is 0 Å². The van der Waals surface area contributed by atoms with Crippen LogP contribution < -0.4 is 5.32 Å². The Morgan fingerprint density at radius 1 is 1.09 bits per heavy atom. The third-order valence-electron chi connectivity index (χ3n) is 13.2. The van der Waals surface area contributed by atoms with Crippen LogP contribution in [0.1, 0.15) is 127 Å². The van der Waals surface area contributed by atoms with Gasteiger partial charge in [-0.15, -0.1) is 0 Å². The minimum Gasteiger partial charge on any atom is -0.377 e. The number of carbonyl (C=O) groups excluding carboxylic acids is 3. The van der Waals surface area contributed by atoms with Gasteiger partial charge in [-0.1, -0.05) is 74.0 Å². The van der Waals surface area contributed by atoms with Gasteiger partial charge in [0, 0.05) is 17.3 Å². The molecule has 0 aromatic rings. The first-order valence-corrected chi connectivity index (χ1v) is 17.0. The monoisotopic (exact) mass is 606 g/mol. The second-order valence-corrected chi connectivity index (χ2v) is 17.4. The van der Waals surface area contributed by atoms with Gasteiger partial charge in [-0.2, -0.15) is 5.26 Å². The summed E-state index contributed by atoms with van der Waals surface area (Å²) in [5.41, 5.74) is -0.0588. The Kier molecular flexibility index (Phi) is 9.31. The van der Waals surface area contributed by atoms with Crippen molar-refractivity contribution in [1.29, 1.82) is 5.26 Å². The summed E-state index contributed by atoms with van der Waals surface area (Å²) in [5.74, 6) is 0.570. The fourth-order valence-corrected chi connectivity index (χ4v) is 9.78. The van der Waals surface area contributed by atoms with Gasteiger partial charge in [-0.25, -0.2) is 0 Å². The number of rotatable bonds is 9. The zero-order valence-electron chi connectivity index (χ0n) is 29.2. The van der Waals surface area contributed by atoms with Gasteiger partial charge in [0.1, 0.15) is 6.07 Å². The summed E-state index contributed by atoms with van der Waals surface area (Å²) in [6.07, 6.45) is 12.3. The van der Waals surface area contributed by atoms with E-state index in [4.69, 9.17) is 4.74 Å². The summed E-state index contributed by atoms with van der Waals surface area (Å²) in [7, 11) is 0. The molecule has 0 aromatic heterocycles. The first kappa shape index (κ1) is 34.6. The van der Waals surface area contributed by atoms with Crippen molar-refractivity contribution in [2.75, 3.05) is 13.2 Å². The number of hydrogen-bond donors (Lipinski definition) is 1. The zero-order chi connectivity index (χ0) is 32.9. The highest BCUT2D eigenvalue weighted by molar-refractivity contribution is 6.04. The predicted octanol–water partition coefficient (Wildman–Crippen LogP) is 7.92. The summed E-state index contributed by atoms with van der Waals surface area (Å²) in [4.78, 5) is 39.1. The van der Waals surface area contributed by atoms with Crippen LogP contribution in [0.5, 0.6) is 0 Å². The molecular weight excluding hydrogens is 548 g/mol. The third-order valence-corrected chi connectivity index (χ3v) is 13.2. The molecule has 4 aliphatic rings. The molecule has 0 aromatic carbocycles. The summed E-state index contributed by atoms with van der Waals surface area (Å²) in [5, 5.41) is 13.1. The number of nitriles is 1. The molecular formula is C38H58N2O4. The molecule has 4 rings (SSSR count). The standard InChI is InChI=1S/C38H58N2O4/c1-25-20-33(3,4)15-17-38(25,14-12-31(42)40-28-23-44-24-28)18-16-34(5,6)37(10)13-11-29-35(7,8)32(43)27(22-39)21-36(29,9)30(37)19-26(2)41/h19,21,25,28-29H,11-18,20,23-24H2,1-10H3,(H,40,42)/b30-19-/t25?,29-,36-,37+,38+/m0/s1. The maximum atomic E-state index is 13.3. The molecule has 0 spiro atoms. The van der Waals surface area contributed by atoms with E-state index < -0.39 is 10.8 Å². The molecule has 5 atom stereocenters. The Hall–Kier alpha value is -2.26. The molecule has 44 heavy (non-hydrogen) atoms. The number of nitrogens with one attached hydrogen (secondary N) is 1. The Morgan fingerprint density at radius 2 is 1.75 bits per heavy atom. The number of hydrogen-bond acceptors (Lipinski definition) is 5. The van der Waals surface area contributed by atoms with Crippen molar-refractivity contribution in [3.05, 3.63) is 23.3 Å². The van der Waals surface area contributed by atoms with Crippen molar-refractivity contribution in [2.45, 2.75) is 133 Å². The zero-order valence-corrected chi connectivity index (χ0v) is 29.2. The highest BCUT2D eigenvalue weighted by Gasteiger charge is 2.61. The van der Waals surface area contributed by atoms with Gasteiger partial charge in [-0.05, 0) is 97.9 Å². The molecule has 2 saturated carbocycles. The first-order valence-electron chi connectivity index (χ1n) is 17.0. The van der Waals surface area contributed by atoms with Crippen LogP contribution in [0.4, 0.5) is 0 Å². The molecule has 0 bridgehead atoms. The maximum absolute atomic E-state index is 13.3. The number of carbonyl (C=O) groups is 3. The Morgan fingerprint density at radius 3 is 2.30 bits per heavy atom. The number of amides is 1. The molecule has 1 N–H and O–H groups in total. The molecule has 0 radical (unpaired) electrons. The number of ether oxygens (including phenoxy) is 1. The summed E-state index contributed by atoms with van der Waals surface area (Å²) < 4.78 is 5.26. The second kappa shape index (κ2) is 11.8. The van der Waals surface area contributed by atoms with E-state index in [1.54, 1.807) is 6.92 Å². The minimum atomic E-state index is -0.684. The SMILES string of the molecule is CC(=O)/C=C1/[C@@]2(C)C=C(C#N)C(=O)C(C)(C)[C@@H]2CC[C@@]1(C)C(C)(C)CC[C@@]1(CCC(=O)NC2COC2)CCC(C)(C)CC1C. The highest BCUT2D eigenvalue weighted by atomic mass is 16.5. The number of Topliss-reactive ketones (excluding diaryl/α,β-unsaturated/α-hetero) is 1. The van der Waals surface area contributed by atoms with Crippen molar-refractivity contribution in [1.82, 2.24) is 5.32 Å². The van der Waals surface area contributed by atoms with Gasteiger partial charge in [0.25, 0.3) is 0 Å². The Bertz CT molecular complexity index is 1280. The average molecular weight is 607 g/mol. The van der Waals surface area contributed by atoms with Crippen LogP contribution in [0, 0.1) is 55.7 Å². The molecule has 6 nitrogen and oxygen atoms in total. The fourth-order valence-electron chi connectivity index (χ4n) is 9.78. The van der Waals surface area contributed by atoms with E-state index in [1.807, 2.05) is 26.0 Å². The molecule has 1 amide bonds. The molecule has 3 fully saturated rings. The predicted molar refractivity (Wildman–Crippen MR) is 174 cm³/mol. The molecule has 244 valence electrons. The van der Waals surface area contributed by atoms with Crippen molar-refractivity contribution >= 4 is 17.5 Å². The molecule has 1 unspecified atom stereocenters. The van der Waals surface area contributed by atoms with E-state index in [1.165, 1.54) is 0 Å². The van der Waals surface area contributed by atoms with Crippen molar-refractivity contribution in [2.24, 2.45) is 44.3 Å². The Labute approximate surface area is 266 Å². The number of fused-ring (bicyclic) bond motifs is 1. The average Bonchev–Trinajstić information content (AvgIpc) is 2.89. The Balaban J connectivity index is 1.66. The normalized spacial score (nSPS) is 36.1.